The first-order valence-electron chi connectivity index (χ1n) is 5.54. The highest BCUT2D eigenvalue weighted by Crippen LogP contribution is 2.27. The summed E-state index contributed by atoms with van der Waals surface area (Å²) < 4.78 is 27.2. The highest BCUT2D eigenvalue weighted by molar-refractivity contribution is 9.10. The third kappa shape index (κ3) is 3.53. The van der Waals surface area contributed by atoms with Gasteiger partial charge in [-0.15, -0.1) is 0 Å². The van der Waals surface area contributed by atoms with Crippen LogP contribution in [0.5, 0.6) is 0 Å². The molecule has 1 nitrogen and oxygen atoms in total. The van der Waals surface area contributed by atoms with Crippen molar-refractivity contribution < 1.29 is 13.9 Å². The lowest BCUT2D eigenvalue weighted by Gasteiger charge is -2.13. The van der Waals surface area contributed by atoms with Gasteiger partial charge < -0.3 is 5.11 Å². The number of benzene rings is 2. The Bertz CT molecular complexity index is 604. The van der Waals surface area contributed by atoms with Crippen LogP contribution in [-0.4, -0.2) is 5.11 Å². The maximum atomic E-state index is 13.7. The molecule has 0 fully saturated rings. The zero-order valence-electron chi connectivity index (χ0n) is 9.71. The van der Waals surface area contributed by atoms with Gasteiger partial charge in [-0.3, -0.25) is 0 Å². The van der Waals surface area contributed by atoms with Gasteiger partial charge in [-0.25, -0.2) is 8.78 Å². The lowest BCUT2D eigenvalue weighted by molar-refractivity contribution is 0.177. The van der Waals surface area contributed by atoms with Gasteiger partial charge in [0.05, 0.1) is 6.10 Å². The van der Waals surface area contributed by atoms with E-state index in [4.69, 9.17) is 11.6 Å². The number of hydrogen-bond acceptors (Lipinski definition) is 1. The largest absolute Gasteiger partial charge is 0.388 e. The average Bonchev–Trinajstić information content (AvgIpc) is 2.32. The molecular formula is C14H10BrClF2O. The topological polar surface area (TPSA) is 20.2 Å². The fourth-order valence-corrected chi connectivity index (χ4v) is 2.40. The quantitative estimate of drug-likeness (QED) is 0.856. The van der Waals surface area contributed by atoms with Crippen LogP contribution in [-0.2, 0) is 6.42 Å². The van der Waals surface area contributed by atoms with Crippen molar-refractivity contribution in [2.45, 2.75) is 12.5 Å². The predicted molar refractivity (Wildman–Crippen MR) is 74.2 cm³/mol. The summed E-state index contributed by atoms with van der Waals surface area (Å²) in [4.78, 5) is 0. The van der Waals surface area contributed by atoms with E-state index in [2.05, 4.69) is 15.9 Å². The van der Waals surface area contributed by atoms with E-state index in [0.29, 0.717) is 15.6 Å². The lowest BCUT2D eigenvalue weighted by Crippen LogP contribution is -2.04. The molecule has 0 aromatic heterocycles. The summed E-state index contributed by atoms with van der Waals surface area (Å²) in [7, 11) is 0. The Kier molecular flexibility index (Phi) is 4.55. The summed E-state index contributed by atoms with van der Waals surface area (Å²) in [5.41, 5.74) is 0.751. The van der Waals surface area contributed by atoms with Crippen LogP contribution in [0.4, 0.5) is 8.78 Å². The third-order valence-corrected chi connectivity index (χ3v) is 3.57. The Morgan fingerprint density at radius 3 is 2.53 bits per heavy atom. The van der Waals surface area contributed by atoms with Crippen LogP contribution in [0.1, 0.15) is 17.2 Å². The zero-order valence-corrected chi connectivity index (χ0v) is 12.0. The van der Waals surface area contributed by atoms with Gasteiger partial charge >= 0.3 is 0 Å². The molecule has 1 N–H and O–H groups in total. The minimum atomic E-state index is -0.983. The number of halogens is 4. The second-order valence-corrected chi connectivity index (χ2v) is 5.44. The van der Waals surface area contributed by atoms with Gasteiger partial charge in [-0.05, 0) is 35.4 Å². The molecular weight excluding hydrogens is 338 g/mol. The number of aliphatic hydroxyl groups excluding tert-OH is 1. The third-order valence-electron chi connectivity index (χ3n) is 2.75. The molecule has 19 heavy (non-hydrogen) atoms. The van der Waals surface area contributed by atoms with E-state index in [0.717, 1.165) is 6.07 Å². The summed E-state index contributed by atoms with van der Waals surface area (Å²) >= 11 is 9.02. The standard InChI is InChI=1S/C14H10BrClF2O/c15-9-2-1-8(13(18)6-9)5-14(19)11-4-3-10(17)7-12(11)16/h1-4,6-7,14,19H,5H2. The maximum absolute atomic E-state index is 13.7. The van der Waals surface area contributed by atoms with Crippen molar-refractivity contribution in [3.63, 3.8) is 0 Å². The van der Waals surface area contributed by atoms with Crippen molar-refractivity contribution in [1.29, 1.82) is 0 Å². The van der Waals surface area contributed by atoms with Gasteiger partial charge in [0.2, 0.25) is 0 Å². The summed E-state index contributed by atoms with van der Waals surface area (Å²) in [5.74, 6) is -0.887. The molecule has 0 amide bonds. The number of rotatable bonds is 3. The van der Waals surface area contributed by atoms with Crippen molar-refractivity contribution >= 4 is 27.5 Å². The van der Waals surface area contributed by atoms with Crippen LogP contribution >= 0.6 is 27.5 Å². The molecule has 5 heteroatoms. The van der Waals surface area contributed by atoms with Crippen LogP contribution in [0.3, 0.4) is 0 Å². The fraction of sp³-hybridized carbons (Fsp3) is 0.143. The molecule has 0 saturated carbocycles. The molecule has 2 rings (SSSR count). The molecule has 0 radical (unpaired) electrons. The smallest absolute Gasteiger partial charge is 0.127 e. The molecule has 0 saturated heterocycles. The highest BCUT2D eigenvalue weighted by Gasteiger charge is 2.15. The molecule has 100 valence electrons. The highest BCUT2D eigenvalue weighted by atomic mass is 79.9. The van der Waals surface area contributed by atoms with Crippen molar-refractivity contribution in [1.82, 2.24) is 0 Å². The molecule has 2 aromatic carbocycles. The van der Waals surface area contributed by atoms with Crippen molar-refractivity contribution in [2.24, 2.45) is 0 Å². The first-order chi connectivity index (χ1) is 8.97. The van der Waals surface area contributed by atoms with Crippen LogP contribution < -0.4 is 0 Å². The Hall–Kier alpha value is -0.970. The van der Waals surface area contributed by atoms with Gasteiger partial charge in [0.1, 0.15) is 11.6 Å². The minimum Gasteiger partial charge on any atom is -0.388 e. The van der Waals surface area contributed by atoms with E-state index in [-0.39, 0.29) is 11.4 Å². The van der Waals surface area contributed by atoms with E-state index in [1.54, 1.807) is 12.1 Å². The monoisotopic (exact) mass is 346 g/mol. The molecule has 1 atom stereocenters. The van der Waals surface area contributed by atoms with Crippen molar-refractivity contribution in [2.75, 3.05) is 0 Å². The summed E-state index contributed by atoms with van der Waals surface area (Å²) in [6.07, 6.45) is -0.909. The van der Waals surface area contributed by atoms with Crippen LogP contribution in [0.15, 0.2) is 40.9 Å². The predicted octanol–water partition coefficient (Wildman–Crippen LogP) is 4.66. The second kappa shape index (κ2) is 5.99. The van der Waals surface area contributed by atoms with E-state index in [9.17, 15) is 13.9 Å². The molecule has 0 heterocycles. The molecule has 2 aromatic rings. The Labute approximate surface area is 123 Å². The zero-order chi connectivity index (χ0) is 14.0. The number of aliphatic hydroxyl groups is 1. The van der Waals surface area contributed by atoms with E-state index < -0.39 is 17.7 Å². The SMILES string of the molecule is OC(Cc1ccc(Br)cc1F)c1ccc(F)cc1Cl. The van der Waals surface area contributed by atoms with Gasteiger partial charge in [-0.1, -0.05) is 39.7 Å². The van der Waals surface area contributed by atoms with Crippen LogP contribution in [0, 0.1) is 11.6 Å². The lowest BCUT2D eigenvalue weighted by atomic mass is 10.0. The summed E-state index contributed by atoms with van der Waals surface area (Å²) in [6, 6.07) is 8.34. The van der Waals surface area contributed by atoms with Crippen LogP contribution in [0.2, 0.25) is 5.02 Å². The molecule has 0 aliphatic heterocycles. The summed E-state index contributed by atoms with van der Waals surface area (Å²) in [5, 5.41) is 10.2. The first kappa shape index (κ1) is 14.4. The van der Waals surface area contributed by atoms with Gasteiger partial charge in [-0.2, -0.15) is 0 Å². The Morgan fingerprint density at radius 1 is 1.16 bits per heavy atom. The van der Waals surface area contributed by atoms with E-state index in [1.807, 2.05) is 0 Å². The molecule has 0 bridgehead atoms. The van der Waals surface area contributed by atoms with E-state index in [1.165, 1.54) is 18.2 Å². The van der Waals surface area contributed by atoms with Gasteiger partial charge in [0.15, 0.2) is 0 Å². The fourth-order valence-electron chi connectivity index (χ4n) is 1.78. The average molecular weight is 348 g/mol. The van der Waals surface area contributed by atoms with Crippen molar-refractivity contribution in [3.8, 4) is 0 Å². The molecule has 1 unspecified atom stereocenters. The van der Waals surface area contributed by atoms with E-state index >= 15 is 0 Å². The molecule has 0 aliphatic carbocycles. The normalized spacial score (nSPS) is 12.5. The minimum absolute atomic E-state index is 0.0739. The van der Waals surface area contributed by atoms with Gasteiger partial charge in [0, 0.05) is 15.9 Å². The Morgan fingerprint density at radius 2 is 1.89 bits per heavy atom. The number of hydrogen-bond donors (Lipinski definition) is 1. The van der Waals surface area contributed by atoms with Gasteiger partial charge in [0.25, 0.3) is 0 Å². The molecule has 0 aliphatic rings. The maximum Gasteiger partial charge on any atom is 0.127 e. The molecule has 0 spiro atoms. The Balaban J connectivity index is 2.23. The van der Waals surface area contributed by atoms with Crippen molar-refractivity contribution in [3.05, 3.63) is 68.7 Å². The van der Waals surface area contributed by atoms with Crippen LogP contribution in [0.25, 0.3) is 0 Å². The first-order valence-corrected chi connectivity index (χ1v) is 6.71. The summed E-state index contributed by atoms with van der Waals surface area (Å²) in [6.45, 7) is 0. The second-order valence-electron chi connectivity index (χ2n) is 4.12.